The molecular formula is C25H23F2N3O2. The number of fused-ring (bicyclic) bond motifs is 1. The maximum absolute atomic E-state index is 13.6. The molecule has 1 amide bonds. The number of aromatic amines is 1. The normalized spacial score (nSPS) is 16.6. The number of hydrogen-bond acceptors (Lipinski definition) is 3. The van der Waals surface area contributed by atoms with Gasteiger partial charge in [-0.3, -0.25) is 4.79 Å². The smallest absolute Gasteiger partial charge is 0.270 e. The van der Waals surface area contributed by atoms with Gasteiger partial charge in [0, 0.05) is 30.4 Å². The van der Waals surface area contributed by atoms with Crippen LogP contribution in [0.2, 0.25) is 0 Å². The molecule has 1 unspecified atom stereocenters. The molecule has 2 aromatic heterocycles. The van der Waals surface area contributed by atoms with Crippen molar-refractivity contribution in [2.45, 2.75) is 32.1 Å². The van der Waals surface area contributed by atoms with E-state index >= 15 is 0 Å². The van der Waals surface area contributed by atoms with Crippen LogP contribution in [0.3, 0.4) is 0 Å². The number of hydrogen-bond donors (Lipinski definition) is 1. The summed E-state index contributed by atoms with van der Waals surface area (Å²) in [7, 11) is 0. The van der Waals surface area contributed by atoms with Gasteiger partial charge >= 0.3 is 0 Å². The van der Waals surface area contributed by atoms with Crippen LogP contribution in [0, 0.1) is 18.6 Å². The number of nitrogens with one attached hydrogen (secondary N) is 1. The van der Waals surface area contributed by atoms with Crippen LogP contribution < -0.4 is 0 Å². The van der Waals surface area contributed by atoms with Crippen molar-refractivity contribution >= 4 is 16.8 Å². The van der Waals surface area contributed by atoms with E-state index in [1.54, 1.807) is 24.4 Å². The quantitative estimate of drug-likeness (QED) is 0.470. The Labute approximate surface area is 184 Å². The van der Waals surface area contributed by atoms with E-state index in [4.69, 9.17) is 4.42 Å². The number of rotatable bonds is 4. The summed E-state index contributed by atoms with van der Waals surface area (Å²) in [5.74, 6) is 0.656. The fourth-order valence-corrected chi connectivity index (χ4v) is 4.43. The van der Waals surface area contributed by atoms with Gasteiger partial charge in [-0.2, -0.15) is 0 Å². The summed E-state index contributed by atoms with van der Waals surface area (Å²) in [5.41, 5.74) is 2.94. The number of nitrogens with zero attached hydrogens (tertiary/aromatic N) is 2. The van der Waals surface area contributed by atoms with Gasteiger partial charge in [0.05, 0.1) is 12.1 Å². The third-order valence-electron chi connectivity index (χ3n) is 6.16. The van der Waals surface area contributed by atoms with E-state index < -0.39 is 0 Å². The maximum atomic E-state index is 13.6. The van der Waals surface area contributed by atoms with Crippen LogP contribution in [0.15, 0.2) is 53.1 Å². The van der Waals surface area contributed by atoms with Gasteiger partial charge in [0.25, 0.3) is 5.91 Å². The molecule has 5 rings (SSSR count). The Bertz CT molecular complexity index is 1280. The van der Waals surface area contributed by atoms with Crippen molar-refractivity contribution < 1.29 is 18.0 Å². The first-order chi connectivity index (χ1) is 15.5. The van der Waals surface area contributed by atoms with Gasteiger partial charge in [0.15, 0.2) is 5.89 Å². The minimum absolute atomic E-state index is 0.0109. The fourth-order valence-electron chi connectivity index (χ4n) is 4.43. The van der Waals surface area contributed by atoms with Gasteiger partial charge < -0.3 is 14.3 Å². The zero-order valence-corrected chi connectivity index (χ0v) is 17.7. The number of carbonyl (C=O) groups is 1. The number of amides is 1. The van der Waals surface area contributed by atoms with Crippen LogP contribution in [0.25, 0.3) is 10.9 Å². The summed E-state index contributed by atoms with van der Waals surface area (Å²) >= 11 is 0. The Morgan fingerprint density at radius 1 is 1.19 bits per heavy atom. The third kappa shape index (κ3) is 3.90. The van der Waals surface area contributed by atoms with Gasteiger partial charge in [-0.1, -0.05) is 12.1 Å². The lowest BCUT2D eigenvalue weighted by atomic mass is 9.97. The van der Waals surface area contributed by atoms with Gasteiger partial charge in [-0.15, -0.1) is 0 Å². The summed E-state index contributed by atoms with van der Waals surface area (Å²) in [6.45, 7) is 3.00. The number of aryl methyl sites for hydroxylation is 1. The van der Waals surface area contributed by atoms with E-state index in [0.29, 0.717) is 36.9 Å². The molecule has 5 nitrogen and oxygen atoms in total. The first-order valence-corrected chi connectivity index (χ1v) is 10.7. The highest BCUT2D eigenvalue weighted by Gasteiger charge is 2.30. The zero-order valence-electron chi connectivity index (χ0n) is 17.7. The van der Waals surface area contributed by atoms with Crippen molar-refractivity contribution in [3.05, 3.63) is 88.8 Å². The van der Waals surface area contributed by atoms with Crippen molar-refractivity contribution in [3.63, 3.8) is 0 Å². The van der Waals surface area contributed by atoms with Crippen LogP contribution in [0.4, 0.5) is 8.78 Å². The molecule has 164 valence electrons. The number of halogens is 2. The monoisotopic (exact) mass is 435 g/mol. The van der Waals surface area contributed by atoms with Gasteiger partial charge in [0.2, 0.25) is 0 Å². The molecule has 32 heavy (non-hydrogen) atoms. The molecule has 1 aliphatic rings. The zero-order chi connectivity index (χ0) is 22.2. The lowest BCUT2D eigenvalue weighted by Crippen LogP contribution is -2.39. The minimum atomic E-state index is -0.322. The summed E-state index contributed by atoms with van der Waals surface area (Å²) in [6, 6.07) is 10.8. The van der Waals surface area contributed by atoms with E-state index in [1.165, 1.54) is 24.3 Å². The van der Waals surface area contributed by atoms with Crippen molar-refractivity contribution in [2.75, 3.05) is 13.1 Å². The topological polar surface area (TPSA) is 62.1 Å². The van der Waals surface area contributed by atoms with Gasteiger partial charge in [-0.25, -0.2) is 13.8 Å². The summed E-state index contributed by atoms with van der Waals surface area (Å²) in [4.78, 5) is 22.7. The number of carbonyl (C=O) groups excluding carboxylic acids is 1. The molecule has 1 saturated heterocycles. The first-order valence-electron chi connectivity index (χ1n) is 10.7. The second kappa shape index (κ2) is 8.22. The largest absolute Gasteiger partial charge is 0.445 e. The standard InChI is InChI=1S/C25H23F2N3O2/c1-15-21-12-19(27)8-9-22(21)29-23(15)25(31)30-10-2-3-17(14-30)24-28-13-20(32-24)11-16-4-6-18(26)7-5-16/h4-9,12-13,17,29H,2-3,10-11,14H2,1H3. The second-order valence-corrected chi connectivity index (χ2v) is 8.37. The lowest BCUT2D eigenvalue weighted by Gasteiger charge is -2.31. The summed E-state index contributed by atoms with van der Waals surface area (Å²) in [6.07, 6.45) is 3.97. The molecule has 7 heteroatoms. The number of piperidine rings is 1. The van der Waals surface area contributed by atoms with Crippen molar-refractivity contribution in [3.8, 4) is 0 Å². The SMILES string of the molecule is Cc1c(C(=O)N2CCCC(c3ncc(Cc4ccc(F)cc4)o3)C2)[nH]c2ccc(F)cc12. The van der Waals surface area contributed by atoms with Crippen LogP contribution >= 0.6 is 0 Å². The average molecular weight is 435 g/mol. The second-order valence-electron chi connectivity index (χ2n) is 8.37. The van der Waals surface area contributed by atoms with Gasteiger partial charge in [0.1, 0.15) is 23.1 Å². The van der Waals surface area contributed by atoms with Gasteiger partial charge in [-0.05, 0) is 61.2 Å². The average Bonchev–Trinajstić information content (AvgIpc) is 3.40. The van der Waals surface area contributed by atoms with Crippen LogP contribution in [0.1, 0.15) is 52.0 Å². The van der Waals surface area contributed by atoms with E-state index in [0.717, 1.165) is 34.9 Å². The molecule has 0 aliphatic carbocycles. The maximum Gasteiger partial charge on any atom is 0.270 e. The van der Waals surface area contributed by atoms with Crippen LogP contribution in [-0.4, -0.2) is 33.9 Å². The Hall–Kier alpha value is -3.48. The molecule has 0 bridgehead atoms. The van der Waals surface area contributed by atoms with Crippen molar-refractivity contribution in [1.82, 2.24) is 14.9 Å². The number of oxazole rings is 1. The van der Waals surface area contributed by atoms with Crippen molar-refractivity contribution in [1.29, 1.82) is 0 Å². The Morgan fingerprint density at radius 2 is 1.97 bits per heavy atom. The molecule has 0 saturated carbocycles. The van der Waals surface area contributed by atoms with Crippen LogP contribution in [0.5, 0.6) is 0 Å². The number of likely N-dealkylation sites (tertiary alicyclic amines) is 1. The highest BCUT2D eigenvalue weighted by Crippen LogP contribution is 2.30. The third-order valence-corrected chi connectivity index (χ3v) is 6.16. The molecule has 2 aromatic carbocycles. The van der Waals surface area contributed by atoms with E-state index in [9.17, 15) is 13.6 Å². The summed E-state index contributed by atoms with van der Waals surface area (Å²) in [5, 5.41) is 0.722. The highest BCUT2D eigenvalue weighted by molar-refractivity contribution is 6.01. The Kier molecular flexibility index (Phi) is 5.25. The van der Waals surface area contributed by atoms with Crippen LogP contribution in [-0.2, 0) is 6.42 Å². The Balaban J connectivity index is 1.31. The molecule has 1 N–H and O–H groups in total. The fraction of sp³-hybridized carbons (Fsp3) is 0.280. The van der Waals surface area contributed by atoms with E-state index in [-0.39, 0.29) is 23.5 Å². The number of benzene rings is 2. The first kappa shape index (κ1) is 20.4. The molecule has 4 aromatic rings. The molecular weight excluding hydrogens is 412 g/mol. The minimum Gasteiger partial charge on any atom is -0.445 e. The van der Waals surface area contributed by atoms with E-state index in [2.05, 4.69) is 9.97 Å². The lowest BCUT2D eigenvalue weighted by molar-refractivity contribution is 0.0692. The summed E-state index contributed by atoms with van der Waals surface area (Å²) < 4.78 is 32.7. The van der Waals surface area contributed by atoms with E-state index in [1.807, 2.05) is 11.8 Å². The number of H-pyrrole nitrogens is 1. The molecule has 1 fully saturated rings. The number of aromatic nitrogens is 2. The Morgan fingerprint density at radius 3 is 2.78 bits per heavy atom. The molecule has 3 heterocycles. The van der Waals surface area contributed by atoms with Crippen molar-refractivity contribution in [2.24, 2.45) is 0 Å². The predicted molar refractivity (Wildman–Crippen MR) is 117 cm³/mol. The molecule has 1 atom stereocenters. The highest BCUT2D eigenvalue weighted by atomic mass is 19.1. The predicted octanol–water partition coefficient (Wildman–Crippen LogP) is 5.35. The molecule has 0 spiro atoms. The molecule has 0 radical (unpaired) electrons. The molecule has 1 aliphatic heterocycles.